The van der Waals surface area contributed by atoms with Crippen LogP contribution in [-0.4, -0.2) is 16.1 Å². The molecule has 1 heterocycles. The molecule has 1 N–H and O–H groups in total. The Morgan fingerprint density at radius 3 is 2.81 bits per heavy atom. The zero-order valence-electron chi connectivity index (χ0n) is 11.8. The van der Waals surface area contributed by atoms with Gasteiger partial charge in [-0.2, -0.15) is 0 Å². The molecule has 4 nitrogen and oxygen atoms in total. The second-order valence-corrected chi connectivity index (χ2v) is 5.86. The Hall–Kier alpha value is -1.88. The summed E-state index contributed by atoms with van der Waals surface area (Å²) in [5.74, 6) is 0.0211. The summed E-state index contributed by atoms with van der Waals surface area (Å²) in [5, 5.41) is 9.12. The van der Waals surface area contributed by atoms with Crippen molar-refractivity contribution in [2.45, 2.75) is 26.4 Å². The van der Waals surface area contributed by atoms with Gasteiger partial charge >= 0.3 is 5.97 Å². The lowest BCUT2D eigenvalue weighted by Crippen LogP contribution is -2.08. The lowest BCUT2D eigenvalue weighted by Gasteiger charge is -2.15. The lowest BCUT2D eigenvalue weighted by molar-refractivity contribution is 0.0687. The number of carboxylic acid groups (broad SMARTS) is 1. The van der Waals surface area contributed by atoms with E-state index in [9.17, 15) is 4.79 Å². The fraction of sp³-hybridized carbons (Fsp3) is 0.250. The van der Waals surface area contributed by atoms with E-state index in [1.807, 2.05) is 18.2 Å². The number of hydrogen-bond acceptors (Lipinski definition) is 3. The number of nitrogens with zero attached hydrogens (tertiary/aromatic N) is 1. The van der Waals surface area contributed by atoms with Crippen molar-refractivity contribution in [1.29, 1.82) is 0 Å². The largest absolute Gasteiger partial charge is 0.489 e. The van der Waals surface area contributed by atoms with Crippen molar-refractivity contribution < 1.29 is 14.6 Å². The van der Waals surface area contributed by atoms with Crippen molar-refractivity contribution in [1.82, 2.24) is 4.98 Å². The van der Waals surface area contributed by atoms with Crippen LogP contribution >= 0.6 is 15.9 Å². The summed E-state index contributed by atoms with van der Waals surface area (Å²) in [6.07, 6.45) is 1.46. The molecule has 0 aliphatic heterocycles. The summed E-state index contributed by atoms with van der Waals surface area (Å²) < 4.78 is 6.80. The molecule has 0 amide bonds. The van der Waals surface area contributed by atoms with E-state index in [2.05, 4.69) is 34.8 Å². The van der Waals surface area contributed by atoms with Gasteiger partial charge in [0.2, 0.25) is 0 Å². The highest BCUT2D eigenvalue weighted by Gasteiger charge is 2.13. The molecule has 21 heavy (non-hydrogen) atoms. The summed E-state index contributed by atoms with van der Waals surface area (Å²) >= 11 is 3.45. The van der Waals surface area contributed by atoms with E-state index in [1.54, 1.807) is 12.1 Å². The molecule has 0 bridgehead atoms. The highest BCUT2D eigenvalue weighted by atomic mass is 79.9. The van der Waals surface area contributed by atoms with Crippen LogP contribution in [0.5, 0.6) is 5.75 Å². The molecule has 0 saturated heterocycles. The topological polar surface area (TPSA) is 59.4 Å². The quantitative estimate of drug-likeness (QED) is 0.876. The van der Waals surface area contributed by atoms with E-state index in [0.29, 0.717) is 11.5 Å². The first kappa shape index (κ1) is 15.5. The van der Waals surface area contributed by atoms with Crippen LogP contribution in [0.2, 0.25) is 0 Å². The van der Waals surface area contributed by atoms with Gasteiger partial charge in [0.15, 0.2) is 5.69 Å². The zero-order chi connectivity index (χ0) is 15.4. The monoisotopic (exact) mass is 349 g/mol. The molecule has 0 saturated carbocycles. The number of pyridine rings is 1. The van der Waals surface area contributed by atoms with Gasteiger partial charge in [-0.15, -0.1) is 0 Å². The van der Waals surface area contributed by atoms with E-state index in [0.717, 1.165) is 15.8 Å². The van der Waals surface area contributed by atoms with Crippen molar-refractivity contribution in [2.24, 2.45) is 0 Å². The van der Waals surface area contributed by atoms with Crippen molar-refractivity contribution in [3.63, 3.8) is 0 Å². The molecular weight excluding hydrogens is 334 g/mol. The predicted molar refractivity (Wildman–Crippen MR) is 83.8 cm³/mol. The first-order valence-corrected chi connectivity index (χ1v) is 7.37. The van der Waals surface area contributed by atoms with E-state index < -0.39 is 5.97 Å². The molecule has 2 aromatic rings. The molecule has 0 fully saturated rings. The molecule has 0 unspecified atom stereocenters. The highest BCUT2D eigenvalue weighted by Crippen LogP contribution is 2.30. The lowest BCUT2D eigenvalue weighted by atomic mass is 10.0. The normalized spacial score (nSPS) is 10.7. The van der Waals surface area contributed by atoms with Crippen LogP contribution in [0.3, 0.4) is 0 Å². The van der Waals surface area contributed by atoms with E-state index in [1.165, 1.54) is 6.20 Å². The van der Waals surface area contributed by atoms with E-state index >= 15 is 0 Å². The molecular formula is C16H16BrNO3. The Labute approximate surface area is 131 Å². The van der Waals surface area contributed by atoms with Crippen LogP contribution in [0.25, 0.3) is 0 Å². The number of aromatic carboxylic acids is 1. The Bertz CT molecular complexity index is 656. The van der Waals surface area contributed by atoms with Crippen molar-refractivity contribution in [2.75, 3.05) is 0 Å². The zero-order valence-corrected chi connectivity index (χ0v) is 13.4. The maximum Gasteiger partial charge on any atom is 0.354 e. The van der Waals surface area contributed by atoms with Crippen LogP contribution in [0.1, 0.15) is 41.4 Å². The minimum atomic E-state index is -1.05. The third kappa shape index (κ3) is 3.82. The Kier molecular flexibility index (Phi) is 4.96. The van der Waals surface area contributed by atoms with Gasteiger partial charge in [-0.05, 0) is 35.7 Å². The van der Waals surface area contributed by atoms with E-state index in [-0.39, 0.29) is 12.3 Å². The number of carbonyl (C=O) groups is 1. The maximum absolute atomic E-state index is 11.1. The first-order chi connectivity index (χ1) is 9.99. The molecule has 5 heteroatoms. The van der Waals surface area contributed by atoms with Gasteiger partial charge < -0.3 is 9.84 Å². The summed E-state index contributed by atoms with van der Waals surface area (Å²) in [4.78, 5) is 15.0. The Morgan fingerprint density at radius 1 is 1.38 bits per heavy atom. The van der Waals surface area contributed by atoms with Gasteiger partial charge in [0.05, 0.1) is 0 Å². The van der Waals surface area contributed by atoms with Crippen molar-refractivity contribution in [3.05, 3.63) is 57.8 Å². The number of ether oxygens (including phenoxy) is 1. The summed E-state index contributed by atoms with van der Waals surface area (Å²) in [6, 6.07) is 9.22. The average molecular weight is 350 g/mol. The molecule has 110 valence electrons. The second kappa shape index (κ2) is 6.72. The minimum absolute atomic E-state index is 0.0284. The minimum Gasteiger partial charge on any atom is -0.489 e. The van der Waals surface area contributed by atoms with Gasteiger partial charge in [-0.1, -0.05) is 35.8 Å². The SMILES string of the molecule is CC(C)c1cc(Br)ccc1OCc1cccnc1C(=O)O. The van der Waals surface area contributed by atoms with Gasteiger partial charge in [-0.25, -0.2) is 9.78 Å². The number of hydrogen-bond donors (Lipinski definition) is 1. The van der Waals surface area contributed by atoms with Crippen LogP contribution in [-0.2, 0) is 6.61 Å². The summed E-state index contributed by atoms with van der Waals surface area (Å²) in [7, 11) is 0. The highest BCUT2D eigenvalue weighted by molar-refractivity contribution is 9.10. The number of rotatable bonds is 5. The third-order valence-corrected chi connectivity index (χ3v) is 3.56. The van der Waals surface area contributed by atoms with Gasteiger partial charge in [0.1, 0.15) is 12.4 Å². The van der Waals surface area contributed by atoms with Crippen molar-refractivity contribution in [3.8, 4) is 5.75 Å². The van der Waals surface area contributed by atoms with Crippen LogP contribution in [0, 0.1) is 0 Å². The van der Waals surface area contributed by atoms with Crippen LogP contribution in [0.15, 0.2) is 41.0 Å². The fourth-order valence-corrected chi connectivity index (χ4v) is 2.38. The smallest absolute Gasteiger partial charge is 0.354 e. The molecule has 0 aliphatic rings. The Balaban J connectivity index is 2.23. The predicted octanol–water partition coefficient (Wildman–Crippen LogP) is 4.24. The molecule has 0 atom stereocenters. The average Bonchev–Trinajstić information content (AvgIpc) is 2.46. The fourth-order valence-electron chi connectivity index (χ4n) is 2.01. The summed E-state index contributed by atoms with van der Waals surface area (Å²) in [6.45, 7) is 4.35. The van der Waals surface area contributed by atoms with Crippen LogP contribution < -0.4 is 4.74 Å². The number of halogens is 1. The van der Waals surface area contributed by atoms with Gasteiger partial charge in [0.25, 0.3) is 0 Å². The molecule has 1 aromatic carbocycles. The number of benzene rings is 1. The van der Waals surface area contributed by atoms with Crippen molar-refractivity contribution >= 4 is 21.9 Å². The molecule has 0 aliphatic carbocycles. The van der Waals surface area contributed by atoms with Gasteiger partial charge in [-0.3, -0.25) is 0 Å². The first-order valence-electron chi connectivity index (χ1n) is 6.58. The molecule has 0 spiro atoms. The number of carboxylic acids is 1. The second-order valence-electron chi connectivity index (χ2n) is 4.94. The molecule has 0 radical (unpaired) electrons. The Morgan fingerprint density at radius 2 is 2.14 bits per heavy atom. The van der Waals surface area contributed by atoms with Crippen LogP contribution in [0.4, 0.5) is 0 Å². The third-order valence-electron chi connectivity index (χ3n) is 3.07. The standard InChI is InChI=1S/C16H16BrNO3/c1-10(2)13-8-12(17)5-6-14(13)21-9-11-4-3-7-18-15(11)16(19)20/h3-8,10H,9H2,1-2H3,(H,19,20). The molecule has 1 aromatic heterocycles. The number of aromatic nitrogens is 1. The summed E-state index contributed by atoms with van der Waals surface area (Å²) in [5.41, 5.74) is 1.66. The molecule has 2 rings (SSSR count). The van der Waals surface area contributed by atoms with E-state index in [4.69, 9.17) is 9.84 Å². The van der Waals surface area contributed by atoms with Gasteiger partial charge in [0, 0.05) is 16.2 Å². The maximum atomic E-state index is 11.1.